The van der Waals surface area contributed by atoms with E-state index in [1.54, 1.807) is 4.90 Å². The van der Waals surface area contributed by atoms with Gasteiger partial charge in [0.1, 0.15) is 6.04 Å². The summed E-state index contributed by atoms with van der Waals surface area (Å²) in [6.07, 6.45) is 2.34. The maximum absolute atomic E-state index is 11.3. The summed E-state index contributed by atoms with van der Waals surface area (Å²) in [5.74, 6) is -1.06. The van der Waals surface area contributed by atoms with E-state index >= 15 is 0 Å². The van der Waals surface area contributed by atoms with Crippen LogP contribution in [0, 0.1) is 16.7 Å². The van der Waals surface area contributed by atoms with Crippen molar-refractivity contribution in [2.45, 2.75) is 25.3 Å². The number of hydrogen-bond acceptors (Lipinski definition) is 4. The summed E-state index contributed by atoms with van der Waals surface area (Å²) in [6, 6.07) is 1.48. The number of aliphatic carboxylic acids is 1. The second-order valence-electron chi connectivity index (χ2n) is 4.90. The summed E-state index contributed by atoms with van der Waals surface area (Å²) in [5.41, 5.74) is -0.0694. The minimum absolute atomic E-state index is 0.0694. The molecule has 1 saturated heterocycles. The molecule has 92 valence electrons. The second-order valence-corrected chi connectivity index (χ2v) is 4.90. The van der Waals surface area contributed by atoms with Crippen LogP contribution in [0.5, 0.6) is 0 Å². The van der Waals surface area contributed by atoms with Gasteiger partial charge in [0.15, 0.2) is 0 Å². The van der Waals surface area contributed by atoms with Crippen LogP contribution < -0.4 is 5.32 Å². The molecule has 1 saturated carbocycles. The average Bonchev–Trinajstić information content (AvgIpc) is 2.98. The lowest BCUT2D eigenvalue weighted by Gasteiger charge is -2.34. The number of rotatable bonds is 4. The third-order valence-corrected chi connectivity index (χ3v) is 3.51. The Morgan fingerprint density at radius 1 is 1.65 bits per heavy atom. The van der Waals surface area contributed by atoms with Crippen molar-refractivity contribution in [3.05, 3.63) is 0 Å². The van der Waals surface area contributed by atoms with Crippen LogP contribution in [0.3, 0.4) is 0 Å². The van der Waals surface area contributed by atoms with Crippen molar-refractivity contribution in [2.24, 2.45) is 5.41 Å². The fourth-order valence-electron chi connectivity index (χ4n) is 2.27. The van der Waals surface area contributed by atoms with Gasteiger partial charge in [-0.2, -0.15) is 5.26 Å². The van der Waals surface area contributed by atoms with Crippen molar-refractivity contribution in [2.75, 3.05) is 19.6 Å². The fourth-order valence-corrected chi connectivity index (χ4v) is 2.27. The molecule has 17 heavy (non-hydrogen) atoms. The molecule has 2 N–H and O–H groups in total. The largest absolute Gasteiger partial charge is 0.480 e. The van der Waals surface area contributed by atoms with Crippen LogP contribution in [0.15, 0.2) is 0 Å². The van der Waals surface area contributed by atoms with Crippen LogP contribution in [0.2, 0.25) is 0 Å². The molecule has 0 aromatic carbocycles. The molecule has 2 rings (SSSR count). The van der Waals surface area contributed by atoms with Crippen LogP contribution in [0.25, 0.3) is 0 Å². The molecule has 0 bridgehead atoms. The molecule has 1 atom stereocenters. The van der Waals surface area contributed by atoms with Gasteiger partial charge in [-0.15, -0.1) is 0 Å². The summed E-state index contributed by atoms with van der Waals surface area (Å²) < 4.78 is 0. The monoisotopic (exact) mass is 237 g/mol. The van der Waals surface area contributed by atoms with Gasteiger partial charge in [0.2, 0.25) is 5.91 Å². The number of carboxylic acids is 1. The van der Waals surface area contributed by atoms with Crippen molar-refractivity contribution >= 4 is 11.9 Å². The van der Waals surface area contributed by atoms with Crippen molar-refractivity contribution in [1.29, 1.82) is 5.26 Å². The predicted molar refractivity (Wildman–Crippen MR) is 57.9 cm³/mol. The Morgan fingerprint density at radius 2 is 2.35 bits per heavy atom. The number of hydrogen-bond donors (Lipinski definition) is 2. The smallest absolute Gasteiger partial charge is 0.322 e. The highest BCUT2D eigenvalue weighted by atomic mass is 16.4. The number of nitriles is 1. The van der Waals surface area contributed by atoms with Crippen LogP contribution in [-0.4, -0.2) is 47.6 Å². The zero-order valence-corrected chi connectivity index (χ0v) is 9.48. The van der Waals surface area contributed by atoms with Crippen molar-refractivity contribution in [3.63, 3.8) is 0 Å². The van der Waals surface area contributed by atoms with E-state index in [4.69, 9.17) is 10.4 Å². The topological polar surface area (TPSA) is 93.4 Å². The number of amides is 1. The number of carbonyl (C=O) groups is 2. The highest BCUT2D eigenvalue weighted by Gasteiger charge is 2.46. The van der Waals surface area contributed by atoms with E-state index in [9.17, 15) is 9.59 Å². The molecule has 2 fully saturated rings. The number of carboxylic acid groups (broad SMARTS) is 1. The summed E-state index contributed by atoms with van der Waals surface area (Å²) >= 11 is 0. The van der Waals surface area contributed by atoms with E-state index < -0.39 is 12.0 Å². The Morgan fingerprint density at radius 3 is 2.88 bits per heavy atom. The molecule has 0 aromatic rings. The number of piperazine rings is 1. The lowest BCUT2D eigenvalue weighted by Crippen LogP contribution is -2.58. The summed E-state index contributed by atoms with van der Waals surface area (Å²) in [4.78, 5) is 24.1. The van der Waals surface area contributed by atoms with E-state index in [0.29, 0.717) is 13.0 Å². The second kappa shape index (κ2) is 4.34. The molecule has 0 radical (unpaired) electrons. The van der Waals surface area contributed by atoms with Crippen molar-refractivity contribution < 1.29 is 14.7 Å². The van der Waals surface area contributed by atoms with Gasteiger partial charge in [-0.05, 0) is 18.3 Å². The maximum Gasteiger partial charge on any atom is 0.322 e. The molecule has 2 aliphatic rings. The zero-order valence-electron chi connectivity index (χ0n) is 9.48. The summed E-state index contributed by atoms with van der Waals surface area (Å²) in [6.45, 7) is 0.798. The third-order valence-electron chi connectivity index (χ3n) is 3.51. The molecule has 0 aromatic heterocycles. The highest BCUT2D eigenvalue weighted by molar-refractivity contribution is 5.83. The molecule has 1 heterocycles. The Balaban J connectivity index is 2.03. The number of carbonyl (C=O) groups excluding carboxylic acids is 1. The SMILES string of the molecule is N#CCC1(CN2CC(=O)NCC2C(=O)O)CC1. The molecule has 6 nitrogen and oxygen atoms in total. The first-order valence-corrected chi connectivity index (χ1v) is 5.67. The van der Waals surface area contributed by atoms with E-state index in [0.717, 1.165) is 12.8 Å². The molecule has 1 unspecified atom stereocenters. The van der Waals surface area contributed by atoms with Gasteiger partial charge < -0.3 is 10.4 Å². The molecular weight excluding hydrogens is 222 g/mol. The van der Waals surface area contributed by atoms with Crippen LogP contribution in [-0.2, 0) is 9.59 Å². The summed E-state index contributed by atoms with van der Waals surface area (Å²) in [5, 5.41) is 20.4. The minimum atomic E-state index is -0.919. The lowest BCUT2D eigenvalue weighted by atomic mass is 10.0. The zero-order chi connectivity index (χ0) is 12.5. The first kappa shape index (κ1) is 11.9. The normalized spacial score (nSPS) is 27.0. The van der Waals surface area contributed by atoms with Crippen LogP contribution in [0.4, 0.5) is 0 Å². The van der Waals surface area contributed by atoms with E-state index in [2.05, 4.69) is 11.4 Å². The molecule has 1 aliphatic carbocycles. The highest BCUT2D eigenvalue weighted by Crippen LogP contribution is 2.49. The fraction of sp³-hybridized carbons (Fsp3) is 0.727. The van der Waals surface area contributed by atoms with Gasteiger partial charge in [-0.25, -0.2) is 0 Å². The van der Waals surface area contributed by atoms with E-state index in [1.165, 1.54) is 0 Å². The Bertz CT molecular complexity index is 384. The van der Waals surface area contributed by atoms with Gasteiger partial charge in [-0.3, -0.25) is 14.5 Å². The predicted octanol–water partition coefficient (Wildman–Crippen LogP) is -0.435. The molecule has 1 aliphatic heterocycles. The standard InChI is InChI=1S/C11H15N3O3/c12-4-3-11(1-2-11)7-14-6-9(15)13-5-8(14)10(16)17/h8H,1-3,5-7H2,(H,13,15)(H,16,17). The van der Waals surface area contributed by atoms with E-state index in [-0.39, 0.29) is 24.4 Å². The van der Waals surface area contributed by atoms with Gasteiger partial charge >= 0.3 is 5.97 Å². The first-order valence-electron chi connectivity index (χ1n) is 5.67. The van der Waals surface area contributed by atoms with E-state index in [1.807, 2.05) is 0 Å². The van der Waals surface area contributed by atoms with Crippen molar-refractivity contribution in [3.8, 4) is 6.07 Å². The summed E-state index contributed by atoms with van der Waals surface area (Å²) in [7, 11) is 0. The molecular formula is C11H15N3O3. The Kier molecular flexibility index (Phi) is 3.03. The first-order chi connectivity index (χ1) is 8.06. The molecule has 1 amide bonds. The van der Waals surface area contributed by atoms with Gasteiger partial charge in [0.25, 0.3) is 0 Å². The lowest BCUT2D eigenvalue weighted by molar-refractivity contribution is -0.146. The maximum atomic E-state index is 11.3. The minimum Gasteiger partial charge on any atom is -0.480 e. The Hall–Kier alpha value is -1.61. The average molecular weight is 237 g/mol. The van der Waals surface area contributed by atoms with Crippen LogP contribution >= 0.6 is 0 Å². The third kappa shape index (κ3) is 2.56. The van der Waals surface area contributed by atoms with Gasteiger partial charge in [-0.1, -0.05) is 0 Å². The Labute approximate surface area is 99.2 Å². The molecule has 0 spiro atoms. The van der Waals surface area contributed by atoms with Crippen molar-refractivity contribution in [1.82, 2.24) is 10.2 Å². The van der Waals surface area contributed by atoms with Gasteiger partial charge in [0.05, 0.1) is 12.6 Å². The van der Waals surface area contributed by atoms with Gasteiger partial charge in [0, 0.05) is 19.5 Å². The number of nitrogens with zero attached hydrogens (tertiary/aromatic N) is 2. The number of nitrogens with one attached hydrogen (secondary N) is 1. The molecule has 6 heteroatoms. The quantitative estimate of drug-likeness (QED) is 0.691. The van der Waals surface area contributed by atoms with Crippen LogP contribution in [0.1, 0.15) is 19.3 Å².